The van der Waals surface area contributed by atoms with Gasteiger partial charge in [-0.2, -0.15) is 0 Å². The standard InChI is InChI=1S/C60H67N9O9/c1-76-53-18-10-17-46-54(53)44(34-62-46)32-48-56(71)66-50(36-67-27-25-61-26-28-67)57(72)65-49(31-40-19-22-45(23-20-40)78-37-41-13-6-3-7-14-41)59(74)69-35-43-16-9-8-15-42(43)33-51(69)60(75)68-29-30-77-38-52(68)58(73)63-47(55(70)64-48)24-21-39-11-4-2-5-12-39/h2-20,22-23,34,47-52,61-62H,21,24-33,35-38H2,1H3,(H,63,73)(H,64,70)(H,65,72)(H,66,71)/t47-,48-,49+,50+,51+,52+/m1/s1. The number of carbonyl (C=O) groups is 6. The molecule has 6 N–H and O–H groups in total. The zero-order valence-corrected chi connectivity index (χ0v) is 43.8. The SMILES string of the molecule is COc1cccc2[nH]cc(C[C@H]3NC(=O)[C@@H](CCc4ccccc4)NC(=O)[C@@H]4COCCN4C(=O)[C@@H]4Cc5ccccc5CN4C(=O)[C@H](Cc4ccc(OCc5ccccc5)cc4)NC(=O)[C@H](CN4CCNCC4)NC3=O)c12. The van der Waals surface area contributed by atoms with E-state index in [1.807, 2.05) is 127 Å². The first-order chi connectivity index (χ1) is 38.1. The molecule has 0 spiro atoms. The molecule has 3 fully saturated rings. The molecule has 10 rings (SSSR count). The highest BCUT2D eigenvalue weighted by molar-refractivity contribution is 5.99. The number of methoxy groups -OCH3 is 1. The summed E-state index contributed by atoms with van der Waals surface area (Å²) in [5.74, 6) is -2.34. The minimum Gasteiger partial charge on any atom is -0.496 e. The van der Waals surface area contributed by atoms with Gasteiger partial charge < -0.3 is 55.6 Å². The molecule has 5 heterocycles. The average molecular weight is 1060 g/mol. The van der Waals surface area contributed by atoms with E-state index in [0.717, 1.165) is 27.8 Å². The third-order valence-electron chi connectivity index (χ3n) is 15.3. The first kappa shape index (κ1) is 53.3. The summed E-state index contributed by atoms with van der Waals surface area (Å²) in [7, 11) is 1.56. The predicted molar refractivity (Wildman–Crippen MR) is 292 cm³/mol. The lowest BCUT2D eigenvalue weighted by Gasteiger charge is -2.43. The van der Waals surface area contributed by atoms with Crippen molar-refractivity contribution in [2.24, 2.45) is 0 Å². The van der Waals surface area contributed by atoms with Crippen LogP contribution in [0.15, 0.2) is 134 Å². The van der Waals surface area contributed by atoms with Gasteiger partial charge in [-0.1, -0.05) is 103 Å². The third-order valence-corrected chi connectivity index (χ3v) is 15.3. The van der Waals surface area contributed by atoms with Crippen molar-refractivity contribution in [2.75, 3.05) is 59.6 Å². The molecule has 0 radical (unpaired) electrons. The average Bonchev–Trinajstić information content (AvgIpc) is 4.01. The molecular formula is C60H67N9O9. The van der Waals surface area contributed by atoms with E-state index in [4.69, 9.17) is 14.2 Å². The van der Waals surface area contributed by atoms with Gasteiger partial charge in [-0.3, -0.25) is 33.7 Å². The Morgan fingerprint density at radius 1 is 0.590 bits per heavy atom. The van der Waals surface area contributed by atoms with Crippen LogP contribution in [0.3, 0.4) is 0 Å². The lowest BCUT2D eigenvalue weighted by atomic mass is 9.91. The van der Waals surface area contributed by atoms with Gasteiger partial charge in [0, 0.05) is 82.2 Å². The van der Waals surface area contributed by atoms with Gasteiger partial charge >= 0.3 is 0 Å². The Balaban J connectivity index is 1.04. The summed E-state index contributed by atoms with van der Waals surface area (Å²) in [4.78, 5) is 99.8. The molecule has 6 amide bonds. The van der Waals surface area contributed by atoms with Crippen LogP contribution in [0.25, 0.3) is 10.9 Å². The highest BCUT2D eigenvalue weighted by Gasteiger charge is 2.45. The molecule has 18 nitrogen and oxygen atoms in total. The van der Waals surface area contributed by atoms with E-state index >= 15 is 24.0 Å². The first-order valence-electron chi connectivity index (χ1n) is 26.9. The van der Waals surface area contributed by atoms with Crippen LogP contribution >= 0.6 is 0 Å². The van der Waals surface area contributed by atoms with Gasteiger partial charge in [-0.25, -0.2) is 0 Å². The number of hydrogen-bond donors (Lipinski definition) is 6. The number of rotatable bonds is 13. The highest BCUT2D eigenvalue weighted by Crippen LogP contribution is 2.31. The zero-order chi connectivity index (χ0) is 54.0. The Hall–Kier alpha value is -8.06. The summed E-state index contributed by atoms with van der Waals surface area (Å²) in [6, 6.07) is 32.6. The number of fused-ring (bicyclic) bond motifs is 4. The molecule has 4 aliphatic rings. The molecule has 4 aliphatic heterocycles. The van der Waals surface area contributed by atoms with E-state index in [0.29, 0.717) is 67.2 Å². The summed E-state index contributed by atoms with van der Waals surface area (Å²) in [5.41, 5.74) is 5.75. The van der Waals surface area contributed by atoms with Crippen molar-refractivity contribution >= 4 is 46.3 Å². The second-order valence-corrected chi connectivity index (χ2v) is 20.4. The lowest BCUT2D eigenvalue weighted by Crippen LogP contribution is -2.66. The van der Waals surface area contributed by atoms with E-state index in [-0.39, 0.29) is 58.5 Å². The van der Waals surface area contributed by atoms with E-state index in [1.165, 1.54) is 9.80 Å². The molecule has 1 aromatic heterocycles. The van der Waals surface area contributed by atoms with Gasteiger partial charge in [0.25, 0.3) is 0 Å². The Labute approximate surface area is 453 Å². The number of carbonyl (C=O) groups excluding carboxylic acids is 6. The number of aromatic nitrogens is 1. The molecule has 0 aliphatic carbocycles. The maximum atomic E-state index is 15.7. The highest BCUT2D eigenvalue weighted by atomic mass is 16.5. The Bertz CT molecular complexity index is 3080. The number of piperazine rings is 1. The quantitative estimate of drug-likeness (QED) is 0.0988. The number of aryl methyl sites for hydroxylation is 1. The number of ether oxygens (including phenoxy) is 3. The molecule has 3 saturated heterocycles. The van der Waals surface area contributed by atoms with Crippen molar-refractivity contribution < 1.29 is 43.0 Å². The second kappa shape index (κ2) is 24.9. The molecule has 5 aromatic carbocycles. The van der Waals surface area contributed by atoms with Crippen LogP contribution in [0.1, 0.15) is 39.8 Å². The molecular weight excluding hydrogens is 991 g/mol. The summed E-state index contributed by atoms with van der Waals surface area (Å²) in [5, 5.41) is 16.2. The number of aromatic amines is 1. The second-order valence-electron chi connectivity index (χ2n) is 20.4. The van der Waals surface area contributed by atoms with E-state index < -0.39 is 71.7 Å². The van der Waals surface area contributed by atoms with Crippen molar-refractivity contribution in [3.8, 4) is 11.5 Å². The van der Waals surface area contributed by atoms with Crippen LogP contribution in [0, 0.1) is 0 Å². The maximum Gasteiger partial charge on any atom is 0.246 e. The molecule has 0 unspecified atom stereocenters. The van der Waals surface area contributed by atoms with Gasteiger partial charge in [0.2, 0.25) is 35.4 Å². The predicted octanol–water partition coefficient (Wildman–Crippen LogP) is 3.21. The molecule has 0 bridgehead atoms. The number of amides is 6. The number of nitrogens with one attached hydrogen (secondary N) is 6. The molecule has 6 aromatic rings. The molecule has 6 atom stereocenters. The number of hydrogen-bond acceptors (Lipinski definition) is 11. The van der Waals surface area contributed by atoms with Gasteiger partial charge in [0.05, 0.1) is 20.3 Å². The third kappa shape index (κ3) is 12.7. The van der Waals surface area contributed by atoms with Crippen LogP contribution in [-0.2, 0) is 72.3 Å². The number of morpholine rings is 1. The molecule has 78 heavy (non-hydrogen) atoms. The topological polar surface area (TPSA) is 216 Å². The van der Waals surface area contributed by atoms with Crippen molar-refractivity contribution in [3.63, 3.8) is 0 Å². The van der Waals surface area contributed by atoms with E-state index in [9.17, 15) is 4.79 Å². The number of nitrogens with zero attached hydrogens (tertiary/aromatic N) is 3. The maximum absolute atomic E-state index is 15.7. The largest absolute Gasteiger partial charge is 0.496 e. The van der Waals surface area contributed by atoms with E-state index in [2.05, 4.69) is 36.5 Å². The minimum absolute atomic E-state index is 0.0188. The van der Waals surface area contributed by atoms with Crippen LogP contribution in [0.5, 0.6) is 11.5 Å². The smallest absolute Gasteiger partial charge is 0.246 e. The lowest BCUT2D eigenvalue weighted by molar-refractivity contribution is -0.157. The fourth-order valence-electron chi connectivity index (χ4n) is 11.0. The summed E-state index contributed by atoms with van der Waals surface area (Å²) in [6.45, 7) is 2.98. The van der Waals surface area contributed by atoms with Crippen molar-refractivity contribution in [2.45, 2.75) is 81.5 Å². The van der Waals surface area contributed by atoms with Crippen molar-refractivity contribution in [3.05, 3.63) is 167 Å². The summed E-state index contributed by atoms with van der Waals surface area (Å²) >= 11 is 0. The fraction of sp³-hybridized carbons (Fsp3) is 0.367. The number of benzene rings is 5. The Morgan fingerprint density at radius 2 is 1.26 bits per heavy atom. The monoisotopic (exact) mass is 1060 g/mol. The minimum atomic E-state index is -1.29. The molecule has 0 saturated carbocycles. The van der Waals surface area contributed by atoms with E-state index in [1.54, 1.807) is 13.3 Å². The van der Waals surface area contributed by atoms with Gasteiger partial charge in [0.15, 0.2) is 0 Å². The Morgan fingerprint density at radius 3 is 2.01 bits per heavy atom. The van der Waals surface area contributed by atoms with Gasteiger partial charge in [-0.15, -0.1) is 0 Å². The number of H-pyrrole nitrogens is 1. The zero-order valence-electron chi connectivity index (χ0n) is 43.8. The molecule has 18 heteroatoms. The van der Waals surface area contributed by atoms with Crippen LogP contribution in [-0.4, -0.2) is 151 Å². The summed E-state index contributed by atoms with van der Waals surface area (Å²) in [6.07, 6.45) is 2.41. The van der Waals surface area contributed by atoms with Crippen molar-refractivity contribution in [1.82, 2.24) is 46.3 Å². The first-order valence-corrected chi connectivity index (χ1v) is 26.9. The molecule has 406 valence electrons. The fourth-order valence-corrected chi connectivity index (χ4v) is 11.0. The van der Waals surface area contributed by atoms with Gasteiger partial charge in [0.1, 0.15) is 54.4 Å². The Kier molecular flexibility index (Phi) is 17.1. The summed E-state index contributed by atoms with van der Waals surface area (Å²) < 4.78 is 17.7. The van der Waals surface area contributed by atoms with Crippen molar-refractivity contribution in [1.29, 1.82) is 0 Å². The van der Waals surface area contributed by atoms with Crippen LogP contribution in [0.2, 0.25) is 0 Å². The van der Waals surface area contributed by atoms with Crippen LogP contribution in [0.4, 0.5) is 0 Å². The van der Waals surface area contributed by atoms with Gasteiger partial charge in [-0.05, 0) is 70.5 Å². The van der Waals surface area contributed by atoms with Crippen LogP contribution < -0.4 is 36.1 Å². The normalized spacial score (nSPS) is 22.9.